The van der Waals surface area contributed by atoms with Crippen LogP contribution in [0.3, 0.4) is 0 Å². The number of ketones is 1. The van der Waals surface area contributed by atoms with Crippen LogP contribution in [0, 0.1) is 5.92 Å². The minimum Gasteiger partial charge on any atom is -0.511 e. The molecule has 0 aromatic heterocycles. The first-order chi connectivity index (χ1) is 11.8. The normalized spacial score (nSPS) is 23.8. The van der Waals surface area contributed by atoms with Crippen molar-refractivity contribution in [1.29, 1.82) is 0 Å². The van der Waals surface area contributed by atoms with E-state index >= 15 is 0 Å². The summed E-state index contributed by atoms with van der Waals surface area (Å²) in [5.41, 5.74) is 1.62. The van der Waals surface area contributed by atoms with Crippen LogP contribution in [0.4, 0.5) is 0 Å². The van der Waals surface area contributed by atoms with Crippen molar-refractivity contribution in [2.24, 2.45) is 5.92 Å². The second-order valence-corrected chi connectivity index (χ2v) is 7.90. The maximum absolute atomic E-state index is 11.9. The van der Waals surface area contributed by atoms with Crippen molar-refractivity contribution in [1.82, 2.24) is 0 Å². The largest absolute Gasteiger partial charge is 0.511 e. The number of hydrogen-bond donors (Lipinski definition) is 2. The van der Waals surface area contributed by atoms with E-state index in [1.165, 1.54) is 6.92 Å². The summed E-state index contributed by atoms with van der Waals surface area (Å²) in [5, 5.41) is 21.3. The van der Waals surface area contributed by atoms with Crippen LogP contribution in [0.2, 0.25) is 0 Å². The topological polar surface area (TPSA) is 66.8 Å². The predicted octanol–water partition coefficient (Wildman–Crippen LogP) is 4.80. The molecular formula is C21H28O4. The molecule has 1 aromatic carbocycles. The first kappa shape index (κ1) is 17.8. The molecule has 3 rings (SSSR count). The van der Waals surface area contributed by atoms with E-state index in [0.29, 0.717) is 23.3 Å². The van der Waals surface area contributed by atoms with Crippen molar-refractivity contribution in [3.63, 3.8) is 0 Å². The van der Waals surface area contributed by atoms with Gasteiger partial charge in [-0.15, -0.1) is 0 Å². The van der Waals surface area contributed by atoms with Crippen molar-refractivity contribution >= 4 is 5.78 Å². The highest BCUT2D eigenvalue weighted by molar-refractivity contribution is 5.94. The van der Waals surface area contributed by atoms with E-state index < -0.39 is 5.60 Å². The van der Waals surface area contributed by atoms with Crippen molar-refractivity contribution in [3.8, 4) is 11.5 Å². The van der Waals surface area contributed by atoms with Gasteiger partial charge in [-0.05, 0) is 57.7 Å². The molecule has 0 amide bonds. The number of fused-ring (bicyclic) bond motifs is 3. The van der Waals surface area contributed by atoms with E-state index in [1.54, 1.807) is 6.07 Å². The van der Waals surface area contributed by atoms with Gasteiger partial charge in [0, 0.05) is 17.1 Å². The number of aliphatic hydroxyl groups is 1. The molecule has 1 aliphatic heterocycles. The molecule has 136 valence electrons. The van der Waals surface area contributed by atoms with Crippen LogP contribution >= 0.6 is 0 Å². The Bertz CT molecular complexity index is 730. The Balaban J connectivity index is 2.05. The van der Waals surface area contributed by atoms with Gasteiger partial charge in [0.2, 0.25) is 0 Å². The van der Waals surface area contributed by atoms with E-state index in [1.807, 2.05) is 19.9 Å². The number of hydrogen-bond acceptors (Lipinski definition) is 4. The number of phenolic OH excluding ortho intramolecular Hbond substituents is 1. The number of aromatic hydroxyl groups is 1. The molecule has 2 unspecified atom stereocenters. The molecular weight excluding hydrogens is 316 g/mol. The molecule has 2 atom stereocenters. The lowest BCUT2D eigenvalue weighted by Gasteiger charge is -2.42. The fraction of sp³-hybridized carbons (Fsp3) is 0.571. The van der Waals surface area contributed by atoms with Gasteiger partial charge in [0.25, 0.3) is 0 Å². The number of allylic oxidation sites excluding steroid dienone is 2. The zero-order chi connectivity index (χ0) is 18.4. The zero-order valence-electron chi connectivity index (χ0n) is 15.6. The van der Waals surface area contributed by atoms with Gasteiger partial charge in [0.05, 0.1) is 5.92 Å². The van der Waals surface area contributed by atoms with Crippen molar-refractivity contribution in [2.45, 2.75) is 71.3 Å². The van der Waals surface area contributed by atoms with Gasteiger partial charge < -0.3 is 14.9 Å². The Hall–Kier alpha value is -1.97. The Morgan fingerprint density at radius 2 is 2.00 bits per heavy atom. The van der Waals surface area contributed by atoms with Crippen LogP contribution in [0.5, 0.6) is 11.5 Å². The van der Waals surface area contributed by atoms with Gasteiger partial charge in [-0.2, -0.15) is 0 Å². The molecule has 0 bridgehead atoms. The molecule has 1 aromatic rings. The molecule has 2 N–H and O–H groups in total. The molecule has 0 spiro atoms. The summed E-state index contributed by atoms with van der Waals surface area (Å²) in [7, 11) is 0. The number of unbranched alkanes of at least 4 members (excludes halogenated alkanes) is 2. The fourth-order valence-corrected chi connectivity index (χ4v) is 4.28. The van der Waals surface area contributed by atoms with E-state index in [0.717, 1.165) is 31.2 Å². The number of phenols is 1. The summed E-state index contributed by atoms with van der Waals surface area (Å²) in [6, 6.07) is 3.77. The van der Waals surface area contributed by atoms with Gasteiger partial charge in [0.15, 0.2) is 5.78 Å². The number of aliphatic hydroxyl groups excluding tert-OH is 1. The number of aryl methyl sites for hydroxylation is 1. The second kappa shape index (κ2) is 6.40. The predicted molar refractivity (Wildman–Crippen MR) is 97.2 cm³/mol. The highest BCUT2D eigenvalue weighted by Crippen LogP contribution is 2.57. The quantitative estimate of drug-likeness (QED) is 0.753. The zero-order valence-corrected chi connectivity index (χ0v) is 15.6. The second-order valence-electron chi connectivity index (χ2n) is 7.90. The van der Waals surface area contributed by atoms with Crippen molar-refractivity contribution in [3.05, 3.63) is 34.6 Å². The van der Waals surface area contributed by atoms with Crippen LogP contribution in [0.1, 0.15) is 70.4 Å². The number of ether oxygens (including phenoxy) is 1. The van der Waals surface area contributed by atoms with Crippen LogP contribution in [-0.4, -0.2) is 21.6 Å². The van der Waals surface area contributed by atoms with Crippen molar-refractivity contribution < 1.29 is 19.7 Å². The Morgan fingerprint density at radius 1 is 1.28 bits per heavy atom. The number of Topliss-reactive ketones (excluding diaryl/α,β-unsaturated/α-hetero) is 1. The van der Waals surface area contributed by atoms with E-state index in [-0.39, 0.29) is 29.1 Å². The first-order valence-electron chi connectivity index (χ1n) is 9.24. The molecule has 4 heteroatoms. The SMILES string of the molecule is CCCCCc1cc(O)c2c(c1)OC(C)(C)C1CC(C(C)=O)=C(O)C21. The molecule has 0 fully saturated rings. The molecule has 4 nitrogen and oxygen atoms in total. The molecule has 1 aliphatic carbocycles. The lowest BCUT2D eigenvalue weighted by Crippen LogP contribution is -2.43. The minimum atomic E-state index is -0.517. The van der Waals surface area contributed by atoms with Gasteiger partial charge in [0.1, 0.15) is 22.9 Å². The molecule has 0 saturated heterocycles. The van der Waals surface area contributed by atoms with Crippen LogP contribution in [0.25, 0.3) is 0 Å². The smallest absolute Gasteiger partial charge is 0.159 e. The number of rotatable bonds is 5. The van der Waals surface area contributed by atoms with Crippen LogP contribution < -0.4 is 4.74 Å². The summed E-state index contributed by atoms with van der Waals surface area (Å²) in [6.45, 7) is 7.63. The summed E-state index contributed by atoms with van der Waals surface area (Å²) in [4.78, 5) is 11.9. The third-order valence-electron chi connectivity index (χ3n) is 5.68. The van der Waals surface area contributed by atoms with Gasteiger partial charge >= 0.3 is 0 Å². The Kier molecular flexibility index (Phi) is 4.56. The lowest BCUT2D eigenvalue weighted by atomic mass is 9.74. The number of benzene rings is 1. The Labute approximate surface area is 149 Å². The van der Waals surface area contributed by atoms with Gasteiger partial charge in [-0.1, -0.05) is 19.8 Å². The van der Waals surface area contributed by atoms with Crippen LogP contribution in [0.15, 0.2) is 23.5 Å². The average molecular weight is 344 g/mol. The van der Waals surface area contributed by atoms with E-state index in [2.05, 4.69) is 6.92 Å². The molecule has 0 radical (unpaired) electrons. The van der Waals surface area contributed by atoms with Crippen LogP contribution in [-0.2, 0) is 11.2 Å². The number of carbonyl (C=O) groups excluding carboxylic acids is 1. The monoisotopic (exact) mass is 344 g/mol. The Morgan fingerprint density at radius 3 is 2.64 bits per heavy atom. The third-order valence-corrected chi connectivity index (χ3v) is 5.68. The average Bonchev–Trinajstić information content (AvgIpc) is 2.86. The van der Waals surface area contributed by atoms with Gasteiger partial charge in [-0.25, -0.2) is 0 Å². The summed E-state index contributed by atoms with van der Waals surface area (Å²) in [6.07, 6.45) is 4.75. The van der Waals surface area contributed by atoms with Gasteiger partial charge in [-0.3, -0.25) is 4.79 Å². The maximum Gasteiger partial charge on any atom is 0.159 e. The third kappa shape index (κ3) is 3.03. The van der Waals surface area contributed by atoms with E-state index in [4.69, 9.17) is 4.74 Å². The maximum atomic E-state index is 11.9. The first-order valence-corrected chi connectivity index (χ1v) is 9.24. The standard InChI is InChI=1S/C21H28O4/c1-5-6-7-8-13-9-16(23)19-17(10-13)25-21(3,4)15-11-14(12(2)22)20(24)18(15)19/h9-10,15,18,23-24H,5-8,11H2,1-4H3. The van der Waals surface area contributed by atoms with Crippen molar-refractivity contribution in [2.75, 3.05) is 0 Å². The number of carbonyl (C=O) groups is 1. The molecule has 2 aliphatic rings. The highest BCUT2D eigenvalue weighted by Gasteiger charge is 2.51. The molecule has 25 heavy (non-hydrogen) atoms. The molecule has 0 saturated carbocycles. The lowest BCUT2D eigenvalue weighted by molar-refractivity contribution is -0.113. The molecule has 1 heterocycles. The fourth-order valence-electron chi connectivity index (χ4n) is 4.28. The minimum absolute atomic E-state index is 0.0595. The summed E-state index contributed by atoms with van der Waals surface area (Å²) < 4.78 is 6.23. The van der Waals surface area contributed by atoms with E-state index in [9.17, 15) is 15.0 Å². The summed E-state index contributed by atoms with van der Waals surface area (Å²) >= 11 is 0. The highest BCUT2D eigenvalue weighted by atomic mass is 16.5. The summed E-state index contributed by atoms with van der Waals surface area (Å²) in [5.74, 6) is 0.349.